The molecule has 5 nitrogen and oxygen atoms in total. The quantitative estimate of drug-likeness (QED) is 0.657. The summed E-state index contributed by atoms with van der Waals surface area (Å²) in [5.41, 5.74) is 0. The first-order chi connectivity index (χ1) is 6.91. The molecule has 0 aliphatic rings. The number of nitrogens with one attached hydrogen (secondary N) is 1. The molecule has 1 N–H and O–H groups in total. The molecule has 0 heterocycles. The molecule has 0 aromatic rings. The molecule has 0 fully saturated rings. The maximum atomic E-state index is 11.1. The highest BCUT2D eigenvalue weighted by Gasteiger charge is 2.08. The van der Waals surface area contributed by atoms with E-state index in [1.165, 1.54) is 0 Å². The highest BCUT2D eigenvalue weighted by molar-refractivity contribution is 5.78. The Balaban J connectivity index is 3.53. The second-order valence-electron chi connectivity index (χ2n) is 3.75. The van der Waals surface area contributed by atoms with Crippen LogP contribution in [-0.2, 0) is 19.1 Å². The van der Waals surface area contributed by atoms with E-state index in [0.29, 0.717) is 0 Å². The summed E-state index contributed by atoms with van der Waals surface area (Å²) in [5, 5.41) is 2.64. The van der Waals surface area contributed by atoms with Crippen molar-refractivity contribution in [1.29, 1.82) is 0 Å². The molecule has 0 atom stereocenters. The lowest BCUT2D eigenvalue weighted by molar-refractivity contribution is -0.153. The SMILES string of the molecule is CC(C)NC(=O)COCC(=O)OC(C)C. The number of amides is 1. The van der Waals surface area contributed by atoms with Gasteiger partial charge in [0.2, 0.25) is 5.91 Å². The number of ether oxygens (including phenoxy) is 2. The third-order valence-electron chi connectivity index (χ3n) is 1.27. The molecule has 0 saturated heterocycles. The molecule has 0 aromatic carbocycles. The monoisotopic (exact) mass is 217 g/mol. The van der Waals surface area contributed by atoms with Crippen molar-refractivity contribution in [2.24, 2.45) is 0 Å². The lowest BCUT2D eigenvalue weighted by Gasteiger charge is -2.09. The van der Waals surface area contributed by atoms with Crippen molar-refractivity contribution >= 4 is 11.9 Å². The Morgan fingerprint density at radius 1 is 1.13 bits per heavy atom. The van der Waals surface area contributed by atoms with E-state index < -0.39 is 5.97 Å². The molecule has 0 aliphatic carbocycles. The van der Waals surface area contributed by atoms with Crippen molar-refractivity contribution in [3.05, 3.63) is 0 Å². The van der Waals surface area contributed by atoms with Gasteiger partial charge in [0.05, 0.1) is 6.10 Å². The summed E-state index contributed by atoms with van der Waals surface area (Å²) in [6, 6.07) is 0.0729. The van der Waals surface area contributed by atoms with Gasteiger partial charge in [-0.25, -0.2) is 4.79 Å². The van der Waals surface area contributed by atoms with Crippen molar-refractivity contribution < 1.29 is 19.1 Å². The summed E-state index contributed by atoms with van der Waals surface area (Å²) in [6.45, 7) is 6.90. The van der Waals surface area contributed by atoms with Crippen molar-refractivity contribution in [2.45, 2.75) is 39.8 Å². The molecule has 1 amide bonds. The van der Waals surface area contributed by atoms with E-state index in [1.807, 2.05) is 13.8 Å². The summed E-state index contributed by atoms with van der Waals surface area (Å²) in [7, 11) is 0. The molecular weight excluding hydrogens is 198 g/mol. The largest absolute Gasteiger partial charge is 0.461 e. The van der Waals surface area contributed by atoms with Crippen LogP contribution in [0, 0.1) is 0 Å². The molecule has 0 spiro atoms. The first-order valence-electron chi connectivity index (χ1n) is 4.98. The first-order valence-corrected chi connectivity index (χ1v) is 4.98. The van der Waals surface area contributed by atoms with Crippen LogP contribution in [0.1, 0.15) is 27.7 Å². The molecule has 88 valence electrons. The summed E-state index contributed by atoms with van der Waals surface area (Å²) in [4.78, 5) is 22.0. The molecule has 0 aliphatic heterocycles. The van der Waals surface area contributed by atoms with Crippen LogP contribution in [0.15, 0.2) is 0 Å². The Bertz CT molecular complexity index is 191. The van der Waals surface area contributed by atoms with E-state index in [9.17, 15) is 9.59 Å². The molecule has 0 saturated carbocycles. The Hall–Kier alpha value is -1.10. The normalized spacial score (nSPS) is 10.5. The van der Waals surface area contributed by atoms with Gasteiger partial charge < -0.3 is 14.8 Å². The number of hydrogen-bond donors (Lipinski definition) is 1. The van der Waals surface area contributed by atoms with Crippen LogP contribution in [-0.4, -0.2) is 37.2 Å². The lowest BCUT2D eigenvalue weighted by Crippen LogP contribution is -2.34. The zero-order chi connectivity index (χ0) is 11.8. The van der Waals surface area contributed by atoms with Crippen LogP contribution in [0.2, 0.25) is 0 Å². The molecule has 0 radical (unpaired) electrons. The third kappa shape index (κ3) is 9.21. The van der Waals surface area contributed by atoms with Gasteiger partial charge in [0.25, 0.3) is 0 Å². The van der Waals surface area contributed by atoms with Gasteiger partial charge in [-0.2, -0.15) is 0 Å². The van der Waals surface area contributed by atoms with Crippen molar-refractivity contribution in [1.82, 2.24) is 5.32 Å². The van der Waals surface area contributed by atoms with Crippen LogP contribution < -0.4 is 5.32 Å². The Morgan fingerprint density at radius 2 is 1.73 bits per heavy atom. The number of carbonyl (C=O) groups is 2. The summed E-state index contributed by atoms with van der Waals surface area (Å²) >= 11 is 0. The van der Waals surface area contributed by atoms with Crippen molar-refractivity contribution in [3.8, 4) is 0 Å². The van der Waals surface area contributed by atoms with E-state index in [-0.39, 0.29) is 31.3 Å². The Morgan fingerprint density at radius 3 is 2.20 bits per heavy atom. The minimum atomic E-state index is -0.456. The zero-order valence-electron chi connectivity index (χ0n) is 9.70. The average Bonchev–Trinajstić information content (AvgIpc) is 2.00. The highest BCUT2D eigenvalue weighted by atomic mass is 16.6. The maximum absolute atomic E-state index is 11.1. The van der Waals surface area contributed by atoms with Crippen LogP contribution in [0.25, 0.3) is 0 Å². The van der Waals surface area contributed by atoms with Crippen molar-refractivity contribution in [2.75, 3.05) is 13.2 Å². The zero-order valence-corrected chi connectivity index (χ0v) is 9.70. The first kappa shape index (κ1) is 13.9. The smallest absolute Gasteiger partial charge is 0.332 e. The van der Waals surface area contributed by atoms with Crippen LogP contribution in [0.5, 0.6) is 0 Å². The highest BCUT2D eigenvalue weighted by Crippen LogP contribution is 1.89. The average molecular weight is 217 g/mol. The fraction of sp³-hybridized carbons (Fsp3) is 0.800. The molecule has 0 bridgehead atoms. The molecular formula is C10H19NO4. The number of rotatable bonds is 6. The molecule has 15 heavy (non-hydrogen) atoms. The number of esters is 1. The standard InChI is InChI=1S/C10H19NO4/c1-7(2)11-9(12)5-14-6-10(13)15-8(3)4/h7-8H,5-6H2,1-4H3,(H,11,12). The van der Waals surface area contributed by atoms with Crippen LogP contribution in [0.4, 0.5) is 0 Å². The molecule has 5 heteroatoms. The topological polar surface area (TPSA) is 64.6 Å². The molecule has 0 unspecified atom stereocenters. The Kier molecular flexibility index (Phi) is 6.70. The van der Waals surface area contributed by atoms with Crippen LogP contribution >= 0.6 is 0 Å². The van der Waals surface area contributed by atoms with Gasteiger partial charge in [0, 0.05) is 6.04 Å². The van der Waals surface area contributed by atoms with Gasteiger partial charge in [-0.1, -0.05) is 0 Å². The second-order valence-corrected chi connectivity index (χ2v) is 3.75. The Labute approximate surface area is 90.1 Å². The minimum Gasteiger partial charge on any atom is -0.461 e. The minimum absolute atomic E-state index is 0.0729. The second kappa shape index (κ2) is 7.23. The van der Waals surface area contributed by atoms with E-state index in [1.54, 1.807) is 13.8 Å². The van der Waals surface area contributed by atoms with E-state index in [2.05, 4.69) is 5.32 Å². The van der Waals surface area contributed by atoms with Gasteiger partial charge in [-0.15, -0.1) is 0 Å². The summed E-state index contributed by atoms with van der Waals surface area (Å²) < 4.78 is 9.69. The fourth-order valence-corrected chi connectivity index (χ4v) is 0.888. The van der Waals surface area contributed by atoms with E-state index in [0.717, 1.165) is 0 Å². The van der Waals surface area contributed by atoms with Crippen LogP contribution in [0.3, 0.4) is 0 Å². The van der Waals surface area contributed by atoms with E-state index in [4.69, 9.17) is 9.47 Å². The van der Waals surface area contributed by atoms with Gasteiger partial charge in [0.1, 0.15) is 13.2 Å². The fourth-order valence-electron chi connectivity index (χ4n) is 0.888. The van der Waals surface area contributed by atoms with Gasteiger partial charge in [0.15, 0.2) is 0 Å². The number of carbonyl (C=O) groups excluding carboxylic acids is 2. The molecule has 0 rings (SSSR count). The summed E-state index contributed by atoms with van der Waals surface area (Å²) in [6.07, 6.45) is -0.161. The summed E-state index contributed by atoms with van der Waals surface area (Å²) in [5.74, 6) is -0.690. The maximum Gasteiger partial charge on any atom is 0.332 e. The lowest BCUT2D eigenvalue weighted by atomic mass is 10.4. The molecule has 0 aromatic heterocycles. The predicted octanol–water partition coefficient (Wildman–Crippen LogP) is 0.479. The van der Waals surface area contributed by atoms with Gasteiger partial charge in [-0.05, 0) is 27.7 Å². The van der Waals surface area contributed by atoms with Gasteiger partial charge >= 0.3 is 5.97 Å². The van der Waals surface area contributed by atoms with E-state index >= 15 is 0 Å². The predicted molar refractivity (Wildman–Crippen MR) is 55.3 cm³/mol. The van der Waals surface area contributed by atoms with Gasteiger partial charge in [-0.3, -0.25) is 4.79 Å². The van der Waals surface area contributed by atoms with Crippen molar-refractivity contribution in [3.63, 3.8) is 0 Å². The third-order valence-corrected chi connectivity index (χ3v) is 1.27. The number of hydrogen-bond acceptors (Lipinski definition) is 4.